The quantitative estimate of drug-likeness (QED) is 0.513. The minimum Gasteiger partial charge on any atom is -0.350 e. The molecule has 0 radical (unpaired) electrons. The molecule has 2 aromatic heterocycles. The second kappa shape index (κ2) is 7.10. The van der Waals surface area contributed by atoms with Crippen LogP contribution in [0.1, 0.15) is 28.1 Å². The van der Waals surface area contributed by atoms with Gasteiger partial charge in [-0.15, -0.1) is 0 Å². The third-order valence-electron chi connectivity index (χ3n) is 5.79. The summed E-state index contributed by atoms with van der Waals surface area (Å²) in [5.74, 6) is 0.914. The van der Waals surface area contributed by atoms with E-state index in [1.165, 1.54) is 22.4 Å². The molecule has 4 aromatic rings. The SMILES string of the molecule is Cc1cc2cc(C#N)nc(N3CCc4ccccc4C3)c2n1Cc1ccccc1. The van der Waals surface area contributed by atoms with E-state index in [1.807, 2.05) is 12.1 Å². The van der Waals surface area contributed by atoms with Gasteiger partial charge in [0, 0.05) is 30.7 Å². The minimum atomic E-state index is 0.475. The summed E-state index contributed by atoms with van der Waals surface area (Å²) in [6.07, 6.45) is 0.995. The third kappa shape index (κ3) is 3.15. The number of aryl methyl sites for hydroxylation is 1. The highest BCUT2D eigenvalue weighted by Crippen LogP contribution is 2.32. The highest BCUT2D eigenvalue weighted by molar-refractivity contribution is 5.92. The van der Waals surface area contributed by atoms with Crippen LogP contribution in [0.3, 0.4) is 0 Å². The monoisotopic (exact) mass is 378 g/mol. The van der Waals surface area contributed by atoms with Crippen LogP contribution in [0.25, 0.3) is 10.9 Å². The van der Waals surface area contributed by atoms with Gasteiger partial charge in [0.1, 0.15) is 11.8 Å². The lowest BCUT2D eigenvalue weighted by molar-refractivity contribution is 0.717. The molecule has 1 aliphatic rings. The molecule has 2 aromatic carbocycles. The molecule has 0 saturated carbocycles. The van der Waals surface area contributed by atoms with Crippen LogP contribution in [0.2, 0.25) is 0 Å². The topological polar surface area (TPSA) is 44.9 Å². The largest absolute Gasteiger partial charge is 0.350 e. The molecule has 5 rings (SSSR count). The van der Waals surface area contributed by atoms with Gasteiger partial charge in [0.2, 0.25) is 0 Å². The van der Waals surface area contributed by atoms with Crippen molar-refractivity contribution in [1.82, 2.24) is 9.55 Å². The molecule has 142 valence electrons. The van der Waals surface area contributed by atoms with Gasteiger partial charge in [-0.2, -0.15) is 5.26 Å². The van der Waals surface area contributed by atoms with Gasteiger partial charge >= 0.3 is 0 Å². The molecule has 3 heterocycles. The van der Waals surface area contributed by atoms with E-state index in [0.29, 0.717) is 5.69 Å². The summed E-state index contributed by atoms with van der Waals surface area (Å²) < 4.78 is 2.33. The van der Waals surface area contributed by atoms with Gasteiger partial charge in [-0.05, 0) is 42.2 Å². The molecule has 0 atom stereocenters. The molecule has 0 saturated heterocycles. The number of hydrogen-bond donors (Lipinski definition) is 0. The van der Waals surface area contributed by atoms with Crippen LogP contribution < -0.4 is 4.90 Å². The number of hydrogen-bond acceptors (Lipinski definition) is 3. The van der Waals surface area contributed by atoms with Crippen LogP contribution in [0.4, 0.5) is 5.82 Å². The van der Waals surface area contributed by atoms with Crippen molar-refractivity contribution < 1.29 is 0 Å². The Kier molecular flexibility index (Phi) is 4.29. The van der Waals surface area contributed by atoms with E-state index in [2.05, 4.69) is 77.1 Å². The molecule has 1 aliphatic heterocycles. The number of fused-ring (bicyclic) bond motifs is 2. The van der Waals surface area contributed by atoms with Crippen molar-refractivity contribution in [2.45, 2.75) is 26.4 Å². The van der Waals surface area contributed by atoms with Crippen molar-refractivity contribution in [2.24, 2.45) is 0 Å². The number of anilines is 1. The molecule has 0 unspecified atom stereocenters. The van der Waals surface area contributed by atoms with Crippen LogP contribution in [-0.2, 0) is 19.5 Å². The second-order valence-electron chi connectivity index (χ2n) is 7.68. The highest BCUT2D eigenvalue weighted by atomic mass is 15.2. The average molecular weight is 378 g/mol. The van der Waals surface area contributed by atoms with Gasteiger partial charge in [0.15, 0.2) is 5.82 Å². The first-order valence-corrected chi connectivity index (χ1v) is 9.99. The van der Waals surface area contributed by atoms with E-state index in [0.717, 1.165) is 42.8 Å². The van der Waals surface area contributed by atoms with Gasteiger partial charge in [-0.3, -0.25) is 0 Å². The van der Waals surface area contributed by atoms with Crippen LogP contribution in [0, 0.1) is 18.3 Å². The molecule has 4 heteroatoms. The number of aromatic nitrogens is 2. The normalized spacial score (nSPS) is 13.3. The molecule has 29 heavy (non-hydrogen) atoms. The number of nitriles is 1. The average Bonchev–Trinajstić information content (AvgIpc) is 3.08. The molecule has 0 bridgehead atoms. The van der Waals surface area contributed by atoms with Crippen LogP contribution in [0.15, 0.2) is 66.7 Å². The Hall–Kier alpha value is -3.58. The molecule has 0 spiro atoms. The van der Waals surface area contributed by atoms with Crippen molar-refractivity contribution in [3.63, 3.8) is 0 Å². The summed E-state index contributed by atoms with van der Waals surface area (Å²) in [6.45, 7) is 4.65. The summed E-state index contributed by atoms with van der Waals surface area (Å²) in [5.41, 5.74) is 6.78. The summed E-state index contributed by atoms with van der Waals surface area (Å²) in [6, 6.07) is 25.4. The first-order chi connectivity index (χ1) is 14.2. The Morgan fingerprint density at radius 2 is 1.76 bits per heavy atom. The lowest BCUT2D eigenvalue weighted by Crippen LogP contribution is -2.31. The van der Waals surface area contributed by atoms with Crippen molar-refractivity contribution in [3.8, 4) is 6.07 Å². The zero-order valence-corrected chi connectivity index (χ0v) is 16.5. The lowest BCUT2D eigenvalue weighted by atomic mass is 10.00. The Bertz CT molecular complexity index is 1230. The van der Waals surface area contributed by atoms with E-state index < -0.39 is 0 Å². The van der Waals surface area contributed by atoms with Gasteiger partial charge in [0.05, 0.1) is 5.52 Å². The van der Waals surface area contributed by atoms with E-state index >= 15 is 0 Å². The highest BCUT2D eigenvalue weighted by Gasteiger charge is 2.22. The number of nitrogens with zero attached hydrogens (tertiary/aromatic N) is 4. The fraction of sp³-hybridized carbons (Fsp3) is 0.200. The smallest absolute Gasteiger partial charge is 0.155 e. The molecule has 0 aliphatic carbocycles. The first-order valence-electron chi connectivity index (χ1n) is 9.99. The Morgan fingerprint density at radius 1 is 1.00 bits per heavy atom. The number of pyridine rings is 1. The van der Waals surface area contributed by atoms with Crippen LogP contribution in [0.5, 0.6) is 0 Å². The lowest BCUT2D eigenvalue weighted by Gasteiger charge is -2.30. The first kappa shape index (κ1) is 17.5. The molecule has 4 nitrogen and oxygen atoms in total. The zero-order chi connectivity index (χ0) is 19.8. The van der Waals surface area contributed by atoms with Gasteiger partial charge in [0.25, 0.3) is 0 Å². The zero-order valence-electron chi connectivity index (χ0n) is 16.5. The van der Waals surface area contributed by atoms with Crippen molar-refractivity contribution in [3.05, 3.63) is 94.8 Å². The van der Waals surface area contributed by atoms with Gasteiger partial charge in [-0.1, -0.05) is 54.6 Å². The maximum atomic E-state index is 9.55. The molecular formula is C25H22N4. The summed E-state index contributed by atoms with van der Waals surface area (Å²) in [5, 5.41) is 10.6. The van der Waals surface area contributed by atoms with E-state index in [4.69, 9.17) is 4.98 Å². The second-order valence-corrected chi connectivity index (χ2v) is 7.68. The molecule has 0 amide bonds. The predicted molar refractivity (Wildman–Crippen MR) is 116 cm³/mol. The Balaban J connectivity index is 1.65. The third-order valence-corrected chi connectivity index (χ3v) is 5.79. The van der Waals surface area contributed by atoms with Crippen LogP contribution >= 0.6 is 0 Å². The molecule has 0 N–H and O–H groups in total. The van der Waals surface area contributed by atoms with Gasteiger partial charge < -0.3 is 9.47 Å². The maximum Gasteiger partial charge on any atom is 0.155 e. The van der Waals surface area contributed by atoms with Crippen molar-refractivity contribution in [1.29, 1.82) is 5.26 Å². The standard InChI is InChI=1S/C25H22N4/c1-18-13-22-14-23(15-26)27-25(24(22)29(18)16-19-7-3-2-4-8-19)28-12-11-20-9-5-6-10-21(20)17-28/h2-10,13-14H,11-12,16-17H2,1H3. The summed E-state index contributed by atoms with van der Waals surface area (Å²) >= 11 is 0. The maximum absolute atomic E-state index is 9.55. The van der Waals surface area contributed by atoms with E-state index in [1.54, 1.807) is 0 Å². The van der Waals surface area contributed by atoms with E-state index in [9.17, 15) is 5.26 Å². The fourth-order valence-electron chi connectivity index (χ4n) is 4.33. The van der Waals surface area contributed by atoms with Gasteiger partial charge in [-0.25, -0.2) is 4.98 Å². The molecular weight excluding hydrogens is 356 g/mol. The Morgan fingerprint density at radius 3 is 2.55 bits per heavy atom. The van der Waals surface area contributed by atoms with Crippen molar-refractivity contribution in [2.75, 3.05) is 11.4 Å². The fourth-order valence-corrected chi connectivity index (χ4v) is 4.33. The summed E-state index contributed by atoms with van der Waals surface area (Å²) in [7, 11) is 0. The van der Waals surface area contributed by atoms with E-state index in [-0.39, 0.29) is 0 Å². The number of rotatable bonds is 3. The van der Waals surface area contributed by atoms with Crippen molar-refractivity contribution >= 4 is 16.7 Å². The molecule has 0 fully saturated rings. The predicted octanol–water partition coefficient (Wildman–Crippen LogP) is 4.83. The van der Waals surface area contributed by atoms with Crippen LogP contribution in [-0.4, -0.2) is 16.1 Å². The Labute approximate surface area is 170 Å². The summed E-state index contributed by atoms with van der Waals surface area (Å²) in [4.78, 5) is 7.10. The number of benzene rings is 2. The minimum absolute atomic E-state index is 0.475.